The predicted molar refractivity (Wildman–Crippen MR) is 261 cm³/mol. The van der Waals surface area contributed by atoms with Crippen molar-refractivity contribution in [2.24, 2.45) is 17.2 Å². The maximum atomic E-state index is 14.3. The first-order valence-corrected chi connectivity index (χ1v) is 25.6. The second-order valence-electron chi connectivity index (χ2n) is 16.6. The summed E-state index contributed by atoms with van der Waals surface area (Å²) in [5.74, 6) is -3.64. The van der Waals surface area contributed by atoms with Gasteiger partial charge in [0.1, 0.15) is 6.04 Å². The number of nitrogens with one attached hydrogen (secondary N) is 4. The van der Waals surface area contributed by atoms with E-state index in [9.17, 15) is 36.0 Å². The zero-order chi connectivity index (χ0) is 48.8. The van der Waals surface area contributed by atoms with Crippen molar-refractivity contribution in [3.8, 4) is 0 Å². The standard InChI is InChI=1S/C48H67N9O8S2/c1-36-21-23-40(24-22-36)35-67(64,65)56(33-45(51)58)31-41(28-37-14-6-3-7-15-37)53-47(60)43(20-12-13-25-49)55-46(59)34-57(66(62,63)27-26-50)32-42(29-38-16-8-4-9-17-38)54-48(61)44(52-2)30-39-18-10-5-11-19-39/h3-11,14-19,21-24,41-44,52H,12-13,20,25-35,49-50H2,1-2H3,(H2,51,58)(H,53,60)(H,54,61)(H,55,59). The molecule has 4 aromatic carbocycles. The largest absolute Gasteiger partial charge is 0.369 e. The van der Waals surface area contributed by atoms with E-state index in [0.29, 0.717) is 31.4 Å². The lowest BCUT2D eigenvalue weighted by Gasteiger charge is -2.30. The Labute approximate surface area is 395 Å². The van der Waals surface area contributed by atoms with Gasteiger partial charge in [0, 0.05) is 31.7 Å². The molecule has 0 aliphatic rings. The van der Waals surface area contributed by atoms with Gasteiger partial charge in [-0.3, -0.25) is 19.2 Å². The van der Waals surface area contributed by atoms with Crippen LogP contribution in [-0.2, 0) is 64.2 Å². The van der Waals surface area contributed by atoms with Gasteiger partial charge in [-0.2, -0.15) is 8.61 Å². The molecule has 19 heteroatoms. The molecular weight excluding hydrogens is 895 g/mol. The molecule has 0 heterocycles. The first kappa shape index (κ1) is 54.1. The molecule has 0 bridgehead atoms. The third-order valence-electron chi connectivity index (χ3n) is 11.0. The summed E-state index contributed by atoms with van der Waals surface area (Å²) in [6.07, 6.45) is 1.76. The Balaban J connectivity index is 1.61. The lowest BCUT2D eigenvalue weighted by molar-refractivity contribution is -0.129. The zero-order valence-electron chi connectivity index (χ0n) is 38.4. The normalized spacial score (nSPS) is 13.6. The van der Waals surface area contributed by atoms with E-state index in [-0.39, 0.29) is 44.8 Å². The average molecular weight is 962 g/mol. The summed E-state index contributed by atoms with van der Waals surface area (Å²) in [7, 11) is -6.69. The van der Waals surface area contributed by atoms with Crippen LogP contribution >= 0.6 is 0 Å². The van der Waals surface area contributed by atoms with Crippen molar-refractivity contribution in [1.29, 1.82) is 0 Å². The minimum atomic E-state index is -4.19. The summed E-state index contributed by atoms with van der Waals surface area (Å²) in [5, 5.41) is 11.7. The molecule has 0 spiro atoms. The monoisotopic (exact) mass is 961 g/mol. The van der Waals surface area contributed by atoms with E-state index >= 15 is 0 Å². The number of aryl methyl sites for hydroxylation is 1. The topological polar surface area (TPSA) is 269 Å². The van der Waals surface area contributed by atoms with Crippen molar-refractivity contribution in [1.82, 2.24) is 29.9 Å². The smallest absolute Gasteiger partial charge is 0.242 e. The quantitative estimate of drug-likeness (QED) is 0.0364. The molecule has 0 saturated heterocycles. The van der Waals surface area contributed by atoms with E-state index in [4.69, 9.17) is 17.2 Å². The number of amides is 4. The van der Waals surface area contributed by atoms with Crippen LogP contribution in [0.1, 0.15) is 47.1 Å². The molecule has 0 saturated carbocycles. The fraction of sp³-hybridized carbons (Fsp3) is 0.417. The number of benzene rings is 4. The zero-order valence-corrected chi connectivity index (χ0v) is 40.0. The highest BCUT2D eigenvalue weighted by atomic mass is 32.2. The Morgan fingerprint density at radius 2 is 1.04 bits per heavy atom. The minimum absolute atomic E-state index is 0.110. The molecule has 364 valence electrons. The number of rotatable bonds is 30. The van der Waals surface area contributed by atoms with Crippen molar-refractivity contribution in [3.05, 3.63) is 143 Å². The summed E-state index contributed by atoms with van der Waals surface area (Å²) in [6.45, 7) is -0.0452. The van der Waals surface area contributed by atoms with E-state index in [1.807, 2.05) is 85.8 Å². The number of likely N-dealkylation sites (N-methyl/N-ethyl adjacent to an activating group) is 1. The highest BCUT2D eigenvalue weighted by molar-refractivity contribution is 7.89. The summed E-state index contributed by atoms with van der Waals surface area (Å²) >= 11 is 0. The first-order valence-electron chi connectivity index (χ1n) is 22.4. The van der Waals surface area contributed by atoms with E-state index in [1.54, 1.807) is 43.4 Å². The van der Waals surface area contributed by atoms with Crippen molar-refractivity contribution in [2.75, 3.05) is 52.1 Å². The average Bonchev–Trinajstić information content (AvgIpc) is 3.29. The van der Waals surface area contributed by atoms with Crippen LogP contribution in [0.25, 0.3) is 0 Å². The molecule has 10 N–H and O–H groups in total. The van der Waals surface area contributed by atoms with Crippen molar-refractivity contribution in [2.45, 2.75) is 75.4 Å². The molecule has 0 aliphatic heterocycles. The highest BCUT2D eigenvalue weighted by Gasteiger charge is 2.33. The Kier molecular flexibility index (Phi) is 22.0. The predicted octanol–water partition coefficient (Wildman–Crippen LogP) is 1.10. The number of carbonyl (C=O) groups excluding carboxylic acids is 4. The van der Waals surface area contributed by atoms with Gasteiger partial charge in [0.05, 0.1) is 30.6 Å². The van der Waals surface area contributed by atoms with Gasteiger partial charge in [0.2, 0.25) is 43.7 Å². The molecule has 4 unspecified atom stereocenters. The highest BCUT2D eigenvalue weighted by Crippen LogP contribution is 2.16. The molecule has 17 nitrogen and oxygen atoms in total. The fourth-order valence-electron chi connectivity index (χ4n) is 7.54. The van der Waals surface area contributed by atoms with Gasteiger partial charge in [0.25, 0.3) is 0 Å². The maximum absolute atomic E-state index is 14.3. The third-order valence-corrected chi connectivity index (χ3v) is 14.6. The number of sulfonamides is 2. The van der Waals surface area contributed by atoms with Crippen LogP contribution in [0.4, 0.5) is 0 Å². The molecular formula is C48H67N9O8S2. The van der Waals surface area contributed by atoms with Crippen LogP contribution in [-0.4, -0.2) is 125 Å². The first-order chi connectivity index (χ1) is 32.0. The number of hydrogen-bond donors (Lipinski definition) is 7. The number of unbranched alkanes of at least 4 members (excludes halogenated alkanes) is 1. The van der Waals surface area contributed by atoms with Gasteiger partial charge in [0.15, 0.2) is 0 Å². The number of primary amides is 1. The van der Waals surface area contributed by atoms with Gasteiger partial charge in [-0.25, -0.2) is 16.8 Å². The van der Waals surface area contributed by atoms with Gasteiger partial charge in [-0.15, -0.1) is 0 Å². The van der Waals surface area contributed by atoms with Gasteiger partial charge < -0.3 is 38.5 Å². The van der Waals surface area contributed by atoms with Gasteiger partial charge in [-0.1, -0.05) is 121 Å². The van der Waals surface area contributed by atoms with Gasteiger partial charge >= 0.3 is 0 Å². The van der Waals surface area contributed by atoms with E-state index in [2.05, 4.69) is 21.3 Å². The minimum Gasteiger partial charge on any atom is -0.369 e. The van der Waals surface area contributed by atoms with Crippen molar-refractivity contribution < 1.29 is 36.0 Å². The lowest BCUT2D eigenvalue weighted by atomic mass is 10.0. The van der Waals surface area contributed by atoms with Crippen LogP contribution in [0.15, 0.2) is 115 Å². The molecule has 0 fully saturated rings. The Hall–Kier alpha value is -5.54. The Bertz CT molecular complexity index is 2380. The number of nitrogens with two attached hydrogens (primary N) is 3. The maximum Gasteiger partial charge on any atom is 0.242 e. The summed E-state index contributed by atoms with van der Waals surface area (Å²) < 4.78 is 57.4. The van der Waals surface area contributed by atoms with E-state index in [0.717, 1.165) is 30.9 Å². The van der Waals surface area contributed by atoms with Crippen LogP contribution in [0, 0.1) is 6.92 Å². The van der Waals surface area contributed by atoms with Crippen LogP contribution < -0.4 is 38.5 Å². The second kappa shape index (κ2) is 27.3. The number of hydrogen-bond acceptors (Lipinski definition) is 11. The molecule has 4 rings (SSSR count). The summed E-state index contributed by atoms with van der Waals surface area (Å²) in [4.78, 5) is 54.6. The molecule has 4 aromatic rings. The molecule has 0 aliphatic carbocycles. The fourth-order valence-corrected chi connectivity index (χ4v) is 10.3. The Morgan fingerprint density at radius 1 is 0.567 bits per heavy atom. The van der Waals surface area contributed by atoms with Gasteiger partial charge in [-0.05, 0) is 81.3 Å². The van der Waals surface area contributed by atoms with Crippen molar-refractivity contribution >= 4 is 43.7 Å². The van der Waals surface area contributed by atoms with E-state index in [1.165, 1.54) is 0 Å². The Morgan fingerprint density at radius 3 is 1.51 bits per heavy atom. The second-order valence-corrected chi connectivity index (χ2v) is 20.7. The van der Waals surface area contributed by atoms with Crippen LogP contribution in [0.2, 0.25) is 0 Å². The van der Waals surface area contributed by atoms with Crippen LogP contribution in [0.5, 0.6) is 0 Å². The van der Waals surface area contributed by atoms with Crippen molar-refractivity contribution in [3.63, 3.8) is 0 Å². The van der Waals surface area contributed by atoms with E-state index < -0.39 is 86.5 Å². The molecule has 67 heavy (non-hydrogen) atoms. The summed E-state index contributed by atoms with van der Waals surface area (Å²) in [6, 6.07) is 31.0. The molecule has 4 amide bonds. The third kappa shape index (κ3) is 18.9. The molecule has 0 aromatic heterocycles. The lowest BCUT2D eigenvalue weighted by Crippen LogP contribution is -2.56. The molecule has 0 radical (unpaired) electrons. The summed E-state index contributed by atoms with van der Waals surface area (Å²) in [5.41, 5.74) is 21.0. The number of nitrogens with zero attached hydrogens (tertiary/aromatic N) is 2. The molecule has 4 atom stereocenters. The van der Waals surface area contributed by atoms with Crippen LogP contribution in [0.3, 0.4) is 0 Å². The SMILES string of the molecule is CNC(Cc1ccccc1)C(=O)NC(Cc1ccccc1)CN(CC(=O)NC(CCCCN)C(=O)NC(Cc1ccccc1)CN(CC(N)=O)S(=O)(=O)Cc1ccc(C)cc1)S(=O)(=O)CCN. The number of carbonyl (C=O) groups is 4.